The van der Waals surface area contributed by atoms with Crippen molar-refractivity contribution in [2.75, 3.05) is 17.1 Å². The number of carbonyl (C=O) groups is 2. The molecule has 0 aliphatic rings. The van der Waals surface area contributed by atoms with Crippen LogP contribution in [0.25, 0.3) is 0 Å². The fourth-order valence-electron chi connectivity index (χ4n) is 3.74. The molecule has 2 aromatic rings. The van der Waals surface area contributed by atoms with E-state index in [-0.39, 0.29) is 54.5 Å². The summed E-state index contributed by atoms with van der Waals surface area (Å²) in [4.78, 5) is 27.8. The molecule has 0 radical (unpaired) electrons. The summed E-state index contributed by atoms with van der Waals surface area (Å²) >= 11 is 12.3. The minimum Gasteiger partial charge on any atom is -0.352 e. The molecule has 0 saturated heterocycles. The van der Waals surface area contributed by atoms with Crippen LogP contribution < -0.4 is 9.62 Å². The van der Waals surface area contributed by atoms with Crippen LogP contribution in [0.4, 0.5) is 5.69 Å². The average molecular weight is 543 g/mol. The van der Waals surface area contributed by atoms with Gasteiger partial charge in [0.2, 0.25) is 21.8 Å². The largest absolute Gasteiger partial charge is 0.352 e. The summed E-state index contributed by atoms with van der Waals surface area (Å²) < 4.78 is 26.1. The molecule has 0 heterocycles. The summed E-state index contributed by atoms with van der Waals surface area (Å²) in [6, 6.07) is 13.3. The van der Waals surface area contributed by atoms with Crippen molar-refractivity contribution in [1.29, 1.82) is 0 Å². The number of rotatable bonds is 12. The number of hydrogen-bond acceptors (Lipinski definition) is 4. The van der Waals surface area contributed by atoms with E-state index in [1.807, 2.05) is 51.1 Å². The minimum atomic E-state index is -3.67. The first kappa shape index (κ1) is 28.9. The Morgan fingerprint density at radius 2 is 1.71 bits per heavy atom. The number of nitrogens with one attached hydrogen (secondary N) is 1. The third kappa shape index (κ3) is 8.70. The van der Waals surface area contributed by atoms with Crippen LogP contribution in [-0.2, 0) is 26.2 Å². The molecule has 0 aliphatic carbocycles. The van der Waals surface area contributed by atoms with Gasteiger partial charge in [-0.15, -0.1) is 0 Å². The van der Waals surface area contributed by atoms with Crippen LogP contribution in [-0.4, -0.2) is 50.0 Å². The lowest BCUT2D eigenvalue weighted by atomic mass is 10.1. The van der Waals surface area contributed by atoms with Crippen molar-refractivity contribution >= 4 is 50.7 Å². The summed E-state index contributed by atoms with van der Waals surface area (Å²) in [7, 11) is -3.67. The predicted octanol–water partition coefficient (Wildman–Crippen LogP) is 4.87. The van der Waals surface area contributed by atoms with E-state index in [9.17, 15) is 18.0 Å². The molecule has 0 unspecified atom stereocenters. The third-order valence-corrected chi connectivity index (χ3v) is 7.08. The quantitative estimate of drug-likeness (QED) is 0.415. The summed E-state index contributed by atoms with van der Waals surface area (Å²) in [5.41, 5.74) is 1.16. The van der Waals surface area contributed by atoms with Gasteiger partial charge in [0.25, 0.3) is 0 Å². The van der Waals surface area contributed by atoms with Crippen molar-refractivity contribution in [1.82, 2.24) is 10.2 Å². The van der Waals surface area contributed by atoms with Crippen molar-refractivity contribution in [2.45, 2.75) is 58.7 Å². The van der Waals surface area contributed by atoms with E-state index < -0.39 is 16.1 Å². The Balaban J connectivity index is 2.22. The molecule has 1 atom stereocenters. The van der Waals surface area contributed by atoms with Crippen LogP contribution >= 0.6 is 23.2 Å². The molecule has 0 bridgehead atoms. The van der Waals surface area contributed by atoms with Gasteiger partial charge < -0.3 is 10.2 Å². The van der Waals surface area contributed by atoms with Crippen molar-refractivity contribution in [2.24, 2.45) is 0 Å². The first-order valence-electron chi connectivity index (χ1n) is 11.5. The fourth-order valence-corrected chi connectivity index (χ4v) is 5.14. The van der Waals surface area contributed by atoms with Gasteiger partial charge in [-0.05, 0) is 50.5 Å². The zero-order chi connectivity index (χ0) is 26.2. The van der Waals surface area contributed by atoms with E-state index in [0.717, 1.165) is 16.1 Å². The normalized spacial score (nSPS) is 12.3. The summed E-state index contributed by atoms with van der Waals surface area (Å²) in [5.74, 6) is -0.444. The van der Waals surface area contributed by atoms with Crippen LogP contribution in [0.5, 0.6) is 0 Å². The minimum absolute atomic E-state index is 0.0405. The molecular weight excluding hydrogens is 509 g/mol. The second-order valence-electron chi connectivity index (χ2n) is 8.63. The summed E-state index contributed by atoms with van der Waals surface area (Å²) in [5, 5.41) is 3.49. The molecular formula is C25H33Cl2N3O4S. The third-order valence-electron chi connectivity index (χ3n) is 5.34. The smallest absolute Gasteiger partial charge is 0.243 e. The number of hydrogen-bond donors (Lipinski definition) is 1. The van der Waals surface area contributed by atoms with Crippen molar-refractivity contribution < 1.29 is 18.0 Å². The lowest BCUT2D eigenvalue weighted by Crippen LogP contribution is -2.50. The Hall–Kier alpha value is -2.29. The monoisotopic (exact) mass is 541 g/mol. The van der Waals surface area contributed by atoms with Crippen molar-refractivity contribution in [3.63, 3.8) is 0 Å². The van der Waals surface area contributed by atoms with Gasteiger partial charge in [-0.25, -0.2) is 8.42 Å². The van der Waals surface area contributed by atoms with E-state index in [4.69, 9.17) is 23.2 Å². The number of sulfonamides is 1. The highest BCUT2D eigenvalue weighted by molar-refractivity contribution is 7.92. The van der Waals surface area contributed by atoms with E-state index in [2.05, 4.69) is 5.32 Å². The Labute approximate surface area is 218 Å². The molecule has 1 N–H and O–H groups in total. The zero-order valence-electron chi connectivity index (χ0n) is 20.5. The predicted molar refractivity (Wildman–Crippen MR) is 142 cm³/mol. The van der Waals surface area contributed by atoms with E-state index >= 15 is 0 Å². The number of nitrogens with zero attached hydrogens (tertiary/aromatic N) is 2. The second kappa shape index (κ2) is 13.1. The highest BCUT2D eigenvalue weighted by Gasteiger charge is 2.29. The number of carbonyl (C=O) groups excluding carboxylic acids is 2. The van der Waals surface area contributed by atoms with Crippen molar-refractivity contribution in [3.05, 3.63) is 64.1 Å². The topological polar surface area (TPSA) is 86.8 Å². The first-order chi connectivity index (χ1) is 16.4. The second-order valence-corrected chi connectivity index (χ2v) is 11.4. The summed E-state index contributed by atoms with van der Waals surface area (Å²) in [6.45, 7) is 5.92. The molecule has 0 saturated carbocycles. The molecule has 0 aromatic heterocycles. The fraction of sp³-hybridized carbons (Fsp3) is 0.440. The molecule has 0 fully saturated rings. The molecule has 0 spiro atoms. The number of amides is 2. The van der Waals surface area contributed by atoms with Crippen molar-refractivity contribution in [3.8, 4) is 0 Å². The van der Waals surface area contributed by atoms with Gasteiger partial charge in [0.15, 0.2) is 0 Å². The SMILES string of the molecule is CC[C@H](C(=O)NC(C)C)N(Cc1ccccc1)C(=O)CCCN(c1cc(Cl)ccc1Cl)S(C)(=O)=O. The maximum absolute atomic E-state index is 13.4. The Morgan fingerprint density at radius 3 is 2.29 bits per heavy atom. The van der Waals surface area contributed by atoms with E-state index in [1.54, 1.807) is 11.0 Å². The first-order valence-corrected chi connectivity index (χ1v) is 14.1. The molecule has 35 heavy (non-hydrogen) atoms. The standard InChI is InChI=1S/C25H33Cl2N3O4S/c1-5-22(25(32)28-18(2)3)29(17-19-10-7-6-8-11-19)24(31)12-9-15-30(35(4,33)34)23-16-20(26)13-14-21(23)27/h6-8,10-11,13-14,16,18,22H,5,9,12,15,17H2,1-4H3,(H,28,32)/t22-/m1/s1. The van der Waals surface area contributed by atoms with Gasteiger partial charge >= 0.3 is 0 Å². The molecule has 0 aliphatic heterocycles. The van der Waals surface area contributed by atoms with Crippen LogP contribution in [0.1, 0.15) is 45.6 Å². The van der Waals surface area contributed by atoms with Gasteiger partial charge in [0, 0.05) is 30.6 Å². The molecule has 10 heteroatoms. The zero-order valence-corrected chi connectivity index (χ0v) is 22.8. The summed E-state index contributed by atoms with van der Waals surface area (Å²) in [6.07, 6.45) is 1.83. The Bertz CT molecular complexity index is 1110. The van der Waals surface area contributed by atoms with E-state index in [0.29, 0.717) is 11.4 Å². The van der Waals surface area contributed by atoms with Crippen LogP contribution in [0, 0.1) is 0 Å². The van der Waals surface area contributed by atoms with Gasteiger partial charge in [-0.1, -0.05) is 60.5 Å². The Kier molecular flexibility index (Phi) is 10.9. The van der Waals surface area contributed by atoms with Crippen LogP contribution in [0.3, 0.4) is 0 Å². The highest BCUT2D eigenvalue weighted by Crippen LogP contribution is 2.31. The number of halogens is 2. The van der Waals surface area contributed by atoms with Gasteiger partial charge in [-0.2, -0.15) is 0 Å². The molecule has 7 nitrogen and oxygen atoms in total. The molecule has 192 valence electrons. The Morgan fingerprint density at radius 1 is 1.06 bits per heavy atom. The van der Waals surface area contributed by atoms with Crippen LogP contribution in [0.15, 0.2) is 48.5 Å². The molecule has 2 rings (SSSR count). The highest BCUT2D eigenvalue weighted by atomic mass is 35.5. The maximum Gasteiger partial charge on any atom is 0.243 e. The number of benzene rings is 2. The van der Waals surface area contributed by atoms with Crippen LogP contribution in [0.2, 0.25) is 10.0 Å². The van der Waals surface area contributed by atoms with E-state index in [1.165, 1.54) is 12.1 Å². The maximum atomic E-state index is 13.4. The lowest BCUT2D eigenvalue weighted by molar-refractivity contribution is -0.141. The average Bonchev–Trinajstić information content (AvgIpc) is 2.77. The van der Waals surface area contributed by atoms with Gasteiger partial charge in [0.05, 0.1) is 17.0 Å². The van der Waals surface area contributed by atoms with Gasteiger partial charge in [0.1, 0.15) is 6.04 Å². The number of anilines is 1. The lowest BCUT2D eigenvalue weighted by Gasteiger charge is -2.31. The molecule has 2 amide bonds. The molecule has 2 aromatic carbocycles. The van der Waals surface area contributed by atoms with Gasteiger partial charge in [-0.3, -0.25) is 13.9 Å².